The number of amides is 1. The average Bonchev–Trinajstić information content (AvgIpc) is 2.81. The molecule has 0 radical (unpaired) electrons. The Morgan fingerprint density at radius 3 is 3.00 bits per heavy atom. The van der Waals surface area contributed by atoms with Crippen molar-refractivity contribution in [3.05, 3.63) is 50.4 Å². The van der Waals surface area contributed by atoms with Gasteiger partial charge in [-0.25, -0.2) is 10.5 Å². The van der Waals surface area contributed by atoms with Gasteiger partial charge in [-0.05, 0) is 0 Å². The molecule has 94 valence electrons. The van der Waals surface area contributed by atoms with Crippen LogP contribution in [0.1, 0.15) is 16.2 Å². The molecular weight excluding hydrogens is 242 g/mol. The molecule has 2 heterocycles. The number of aromatic nitrogens is 3. The summed E-state index contributed by atoms with van der Waals surface area (Å²) in [6, 6.07) is 3.56. The van der Waals surface area contributed by atoms with E-state index in [0.717, 1.165) is 16.8 Å². The molecule has 2 aromatic heterocycles. The van der Waals surface area contributed by atoms with Crippen LogP contribution in [0.4, 0.5) is 0 Å². The third-order valence-electron chi connectivity index (χ3n) is 2.13. The van der Waals surface area contributed by atoms with Gasteiger partial charge in [0, 0.05) is 18.2 Å². The fourth-order valence-corrected chi connectivity index (χ4v) is 1.30. The predicted molar refractivity (Wildman–Crippen MR) is 58.6 cm³/mol. The molecule has 0 aliphatic carbocycles. The van der Waals surface area contributed by atoms with E-state index in [1.807, 2.05) is 5.43 Å². The van der Waals surface area contributed by atoms with Crippen LogP contribution < -0.4 is 22.4 Å². The summed E-state index contributed by atoms with van der Waals surface area (Å²) in [6.45, 7) is -0.0419. The van der Waals surface area contributed by atoms with Gasteiger partial charge in [0.25, 0.3) is 17.0 Å². The highest BCUT2D eigenvalue weighted by Gasteiger charge is 2.11. The van der Waals surface area contributed by atoms with E-state index in [0.29, 0.717) is 0 Å². The van der Waals surface area contributed by atoms with Crippen molar-refractivity contribution in [2.45, 2.75) is 6.54 Å². The van der Waals surface area contributed by atoms with Crippen LogP contribution in [0.25, 0.3) is 0 Å². The van der Waals surface area contributed by atoms with Gasteiger partial charge < -0.3 is 4.52 Å². The molecule has 0 aromatic carbocycles. The van der Waals surface area contributed by atoms with Gasteiger partial charge in [0.05, 0.1) is 0 Å². The van der Waals surface area contributed by atoms with Gasteiger partial charge in [-0.2, -0.15) is 0 Å². The quantitative estimate of drug-likeness (QED) is 0.333. The number of hydrazine groups is 1. The zero-order valence-electron chi connectivity index (χ0n) is 9.04. The molecule has 0 aliphatic heterocycles. The van der Waals surface area contributed by atoms with Crippen LogP contribution in [-0.2, 0) is 6.54 Å². The number of rotatable bonds is 3. The molecule has 0 aliphatic rings. The summed E-state index contributed by atoms with van der Waals surface area (Å²) in [5, 5.41) is 5.77. The molecule has 2 aromatic rings. The first-order chi connectivity index (χ1) is 8.60. The fourth-order valence-electron chi connectivity index (χ4n) is 1.30. The first-order valence-corrected chi connectivity index (χ1v) is 4.87. The Balaban J connectivity index is 2.26. The lowest BCUT2D eigenvalue weighted by Crippen LogP contribution is -2.30. The molecule has 0 spiro atoms. The Bertz CT molecular complexity index is 683. The minimum absolute atomic E-state index is 0.0150. The van der Waals surface area contributed by atoms with Crippen molar-refractivity contribution >= 4 is 5.91 Å². The van der Waals surface area contributed by atoms with Crippen LogP contribution in [0.15, 0.2) is 32.3 Å². The molecule has 0 bridgehead atoms. The SMILES string of the molecule is NNC(=O)c1cc(Cn2[nH]c(=O)ccc2=O)on1. The van der Waals surface area contributed by atoms with E-state index in [2.05, 4.69) is 10.3 Å². The van der Waals surface area contributed by atoms with Gasteiger partial charge in [-0.15, -0.1) is 0 Å². The molecule has 9 heteroatoms. The molecule has 0 unspecified atom stereocenters. The normalized spacial score (nSPS) is 10.3. The van der Waals surface area contributed by atoms with E-state index in [-0.39, 0.29) is 18.0 Å². The lowest BCUT2D eigenvalue weighted by atomic mass is 10.3. The van der Waals surface area contributed by atoms with E-state index >= 15 is 0 Å². The van der Waals surface area contributed by atoms with E-state index in [1.165, 1.54) is 6.07 Å². The first kappa shape index (κ1) is 11.8. The van der Waals surface area contributed by atoms with E-state index in [4.69, 9.17) is 10.4 Å². The maximum Gasteiger partial charge on any atom is 0.287 e. The molecule has 9 nitrogen and oxygen atoms in total. The zero-order valence-corrected chi connectivity index (χ0v) is 9.04. The van der Waals surface area contributed by atoms with Crippen LogP contribution in [0, 0.1) is 0 Å². The molecule has 2 rings (SSSR count). The lowest BCUT2D eigenvalue weighted by molar-refractivity contribution is 0.0944. The molecule has 0 atom stereocenters. The summed E-state index contributed by atoms with van der Waals surface area (Å²) in [5.74, 6) is 4.55. The Hall–Kier alpha value is -2.68. The average molecular weight is 251 g/mol. The van der Waals surface area contributed by atoms with Crippen LogP contribution in [0.2, 0.25) is 0 Å². The maximum absolute atomic E-state index is 11.4. The standard InChI is InChI=1S/C9H9N5O4/c10-11-9(17)6-3-5(18-13-6)4-14-8(16)2-1-7(15)12-14/h1-3H,4,10H2,(H,11,17)(H,12,15). The number of carbonyl (C=O) groups excluding carboxylic acids is 1. The topological polar surface area (TPSA) is 136 Å². The minimum atomic E-state index is -0.612. The summed E-state index contributed by atoms with van der Waals surface area (Å²) in [4.78, 5) is 33.6. The van der Waals surface area contributed by atoms with E-state index in [1.54, 1.807) is 0 Å². The maximum atomic E-state index is 11.4. The second-order valence-electron chi connectivity index (χ2n) is 3.39. The number of nitrogens with one attached hydrogen (secondary N) is 2. The largest absolute Gasteiger partial charge is 0.359 e. The molecule has 0 saturated carbocycles. The summed E-state index contributed by atoms with van der Waals surface area (Å²) >= 11 is 0. The number of aromatic amines is 1. The van der Waals surface area contributed by atoms with Crippen LogP contribution in [-0.4, -0.2) is 20.8 Å². The van der Waals surface area contributed by atoms with Crippen molar-refractivity contribution in [1.82, 2.24) is 20.4 Å². The van der Waals surface area contributed by atoms with Gasteiger partial charge >= 0.3 is 0 Å². The number of carbonyl (C=O) groups is 1. The highest BCUT2D eigenvalue weighted by Crippen LogP contribution is 2.03. The molecule has 0 saturated heterocycles. The number of H-pyrrole nitrogens is 1. The van der Waals surface area contributed by atoms with E-state index < -0.39 is 17.0 Å². The van der Waals surface area contributed by atoms with Crippen molar-refractivity contribution in [2.75, 3.05) is 0 Å². The van der Waals surface area contributed by atoms with Crippen LogP contribution in [0.5, 0.6) is 0 Å². The number of nitrogens with two attached hydrogens (primary N) is 1. The Morgan fingerprint density at radius 2 is 2.28 bits per heavy atom. The third kappa shape index (κ3) is 2.35. The monoisotopic (exact) mass is 251 g/mol. The molecule has 4 N–H and O–H groups in total. The number of nitrogen functional groups attached to an aromatic ring is 1. The summed E-state index contributed by atoms with van der Waals surface area (Å²) in [6.07, 6.45) is 0. The van der Waals surface area contributed by atoms with Crippen molar-refractivity contribution in [3.8, 4) is 0 Å². The van der Waals surface area contributed by atoms with Gasteiger partial charge in [0.2, 0.25) is 0 Å². The van der Waals surface area contributed by atoms with Crippen molar-refractivity contribution in [2.24, 2.45) is 5.84 Å². The lowest BCUT2D eigenvalue weighted by Gasteiger charge is -1.99. The Labute approximate surface area is 99.1 Å². The van der Waals surface area contributed by atoms with Gasteiger partial charge in [-0.1, -0.05) is 5.16 Å². The zero-order chi connectivity index (χ0) is 13.1. The molecular formula is C9H9N5O4. The van der Waals surface area contributed by atoms with Gasteiger partial charge in [-0.3, -0.25) is 24.9 Å². The number of nitrogens with zero attached hydrogens (tertiary/aromatic N) is 2. The Kier molecular flexibility index (Phi) is 3.06. The van der Waals surface area contributed by atoms with Crippen molar-refractivity contribution < 1.29 is 9.32 Å². The van der Waals surface area contributed by atoms with Crippen LogP contribution in [0.3, 0.4) is 0 Å². The summed E-state index contributed by atoms with van der Waals surface area (Å²) in [7, 11) is 0. The summed E-state index contributed by atoms with van der Waals surface area (Å²) < 4.78 is 5.87. The van der Waals surface area contributed by atoms with Crippen molar-refractivity contribution in [3.63, 3.8) is 0 Å². The summed E-state index contributed by atoms with van der Waals surface area (Å²) in [5.41, 5.74) is 1.05. The van der Waals surface area contributed by atoms with Gasteiger partial charge in [0.1, 0.15) is 6.54 Å². The predicted octanol–water partition coefficient (Wildman–Crippen LogP) is -1.82. The van der Waals surface area contributed by atoms with E-state index in [9.17, 15) is 14.4 Å². The minimum Gasteiger partial charge on any atom is -0.359 e. The second kappa shape index (κ2) is 4.67. The molecule has 0 fully saturated rings. The van der Waals surface area contributed by atoms with Crippen LogP contribution >= 0.6 is 0 Å². The Morgan fingerprint density at radius 1 is 1.50 bits per heavy atom. The molecule has 1 amide bonds. The highest BCUT2D eigenvalue weighted by molar-refractivity contribution is 5.91. The number of hydrogen-bond acceptors (Lipinski definition) is 6. The molecule has 18 heavy (non-hydrogen) atoms. The fraction of sp³-hybridized carbons (Fsp3) is 0.111. The first-order valence-electron chi connectivity index (χ1n) is 4.87. The highest BCUT2D eigenvalue weighted by atomic mass is 16.5. The number of hydrogen-bond donors (Lipinski definition) is 3. The smallest absolute Gasteiger partial charge is 0.287 e. The second-order valence-corrected chi connectivity index (χ2v) is 3.39. The van der Waals surface area contributed by atoms with Gasteiger partial charge in [0.15, 0.2) is 11.5 Å². The third-order valence-corrected chi connectivity index (χ3v) is 2.13. The van der Waals surface area contributed by atoms with Crippen molar-refractivity contribution in [1.29, 1.82) is 0 Å².